The van der Waals surface area contributed by atoms with E-state index in [1.54, 1.807) is 0 Å². The fraction of sp³-hybridized carbons (Fsp3) is 0.562. The van der Waals surface area contributed by atoms with Crippen molar-refractivity contribution in [1.29, 1.82) is 0 Å². The fourth-order valence-corrected chi connectivity index (χ4v) is 3.37. The first kappa shape index (κ1) is 16.5. The molecule has 0 aliphatic carbocycles. The number of nitrogens with zero attached hydrogens (tertiary/aromatic N) is 4. The summed E-state index contributed by atoms with van der Waals surface area (Å²) in [6.07, 6.45) is 5.89. The number of piperidine rings is 1. The molecular weight excluding hydrogens is 310 g/mol. The van der Waals surface area contributed by atoms with E-state index in [0.717, 1.165) is 25.1 Å². The summed E-state index contributed by atoms with van der Waals surface area (Å²) in [5.41, 5.74) is 1.16. The van der Waals surface area contributed by atoms with Crippen molar-refractivity contribution >= 4 is 5.91 Å². The molecule has 130 valence electrons. The molecule has 8 nitrogen and oxygen atoms in total. The van der Waals surface area contributed by atoms with Gasteiger partial charge in [0.15, 0.2) is 0 Å². The molecule has 24 heavy (non-hydrogen) atoms. The van der Waals surface area contributed by atoms with E-state index in [4.69, 9.17) is 9.26 Å². The summed E-state index contributed by atoms with van der Waals surface area (Å²) >= 11 is 0. The van der Waals surface area contributed by atoms with Gasteiger partial charge in [0.25, 0.3) is 11.8 Å². The summed E-state index contributed by atoms with van der Waals surface area (Å²) in [5.74, 6) is 0.495. The molecule has 8 heteroatoms. The topological polar surface area (TPSA) is 85.4 Å². The van der Waals surface area contributed by atoms with Gasteiger partial charge in [0.05, 0.1) is 31.2 Å². The Labute approximate surface area is 140 Å². The molecule has 1 amide bonds. The number of aromatic nitrogens is 3. The highest BCUT2D eigenvalue weighted by molar-refractivity contribution is 5.91. The van der Waals surface area contributed by atoms with Crippen LogP contribution in [0.3, 0.4) is 0 Å². The summed E-state index contributed by atoms with van der Waals surface area (Å²) in [5, 5.41) is 6.61. The number of amides is 1. The first-order valence-electron chi connectivity index (χ1n) is 8.05. The molecule has 1 saturated heterocycles. The van der Waals surface area contributed by atoms with Crippen LogP contribution in [0.15, 0.2) is 23.1 Å². The van der Waals surface area contributed by atoms with Gasteiger partial charge in [0.2, 0.25) is 5.76 Å². The molecule has 0 spiro atoms. The van der Waals surface area contributed by atoms with Crippen LogP contribution in [0.25, 0.3) is 0 Å². The summed E-state index contributed by atoms with van der Waals surface area (Å²) in [6.45, 7) is 1.61. The molecule has 3 heterocycles. The Bertz CT molecular complexity index is 695. The molecule has 2 aromatic heterocycles. The van der Waals surface area contributed by atoms with Crippen molar-refractivity contribution in [2.75, 3.05) is 27.2 Å². The van der Waals surface area contributed by atoms with Gasteiger partial charge in [-0.05, 0) is 37.5 Å². The van der Waals surface area contributed by atoms with Crippen molar-refractivity contribution in [3.05, 3.63) is 30.0 Å². The van der Waals surface area contributed by atoms with Gasteiger partial charge in [-0.2, -0.15) is 0 Å². The van der Waals surface area contributed by atoms with E-state index in [1.807, 2.05) is 24.1 Å². The molecule has 1 aliphatic heterocycles. The minimum Gasteiger partial charge on any atom is -0.479 e. The van der Waals surface area contributed by atoms with Crippen molar-refractivity contribution in [2.24, 2.45) is 13.0 Å². The van der Waals surface area contributed by atoms with Crippen molar-refractivity contribution in [3.63, 3.8) is 0 Å². The van der Waals surface area contributed by atoms with Gasteiger partial charge in [0, 0.05) is 19.8 Å². The van der Waals surface area contributed by atoms with E-state index >= 15 is 0 Å². The van der Waals surface area contributed by atoms with Crippen LogP contribution in [-0.2, 0) is 7.05 Å². The first-order chi connectivity index (χ1) is 11.6. The molecule has 3 rings (SSSR count). The van der Waals surface area contributed by atoms with Crippen LogP contribution >= 0.6 is 0 Å². The van der Waals surface area contributed by atoms with Gasteiger partial charge in [-0.15, -0.1) is 0 Å². The molecule has 1 fully saturated rings. The Morgan fingerprint density at radius 3 is 3.00 bits per heavy atom. The molecule has 0 aromatic carbocycles. The average Bonchev–Trinajstić information content (AvgIpc) is 3.21. The lowest BCUT2D eigenvalue weighted by Gasteiger charge is -2.39. The summed E-state index contributed by atoms with van der Waals surface area (Å²) in [6, 6.07) is 1.72. The fourth-order valence-electron chi connectivity index (χ4n) is 3.37. The largest absolute Gasteiger partial charge is 0.479 e. The number of carbonyl (C=O) groups excluding carboxylic acids is 1. The zero-order valence-corrected chi connectivity index (χ0v) is 14.2. The Hall–Kier alpha value is -2.35. The van der Waals surface area contributed by atoms with E-state index < -0.39 is 0 Å². The average molecular weight is 333 g/mol. The molecule has 0 bridgehead atoms. The second-order valence-electron chi connectivity index (χ2n) is 6.20. The number of imidazole rings is 1. The van der Waals surface area contributed by atoms with E-state index in [9.17, 15) is 4.79 Å². The van der Waals surface area contributed by atoms with Gasteiger partial charge in [-0.25, -0.2) is 4.98 Å². The number of rotatable bonds is 5. The molecule has 1 N–H and O–H groups in total. The van der Waals surface area contributed by atoms with Crippen LogP contribution in [-0.4, -0.2) is 52.8 Å². The summed E-state index contributed by atoms with van der Waals surface area (Å²) in [4.78, 5) is 18.8. The lowest BCUT2D eigenvalue weighted by molar-refractivity contribution is 0.0850. The molecule has 1 aliphatic rings. The monoisotopic (exact) mass is 333 g/mol. The second kappa shape index (κ2) is 7.04. The van der Waals surface area contributed by atoms with Crippen LogP contribution in [0, 0.1) is 5.92 Å². The van der Waals surface area contributed by atoms with E-state index in [0.29, 0.717) is 18.3 Å². The third-order valence-electron chi connectivity index (χ3n) is 4.61. The van der Waals surface area contributed by atoms with Gasteiger partial charge in [-0.3, -0.25) is 9.69 Å². The van der Waals surface area contributed by atoms with Gasteiger partial charge >= 0.3 is 0 Å². The van der Waals surface area contributed by atoms with E-state index in [2.05, 4.69) is 27.4 Å². The van der Waals surface area contributed by atoms with E-state index in [-0.39, 0.29) is 17.7 Å². The third kappa shape index (κ3) is 3.28. The molecule has 0 radical (unpaired) electrons. The standard InChI is InChI=1S/C16H23N5O3/c1-20-6-4-5-11(15(20)12-9-17-10-21(12)2)8-18-16(22)13-7-14(23-3)19-24-13/h7,9-11,15H,4-6,8H2,1-3H3,(H,18,22)/t11-,15+/m0/s1. The van der Waals surface area contributed by atoms with Crippen LogP contribution < -0.4 is 10.1 Å². The zero-order valence-electron chi connectivity index (χ0n) is 14.2. The number of carbonyl (C=O) groups is 1. The van der Waals surface area contributed by atoms with Crippen molar-refractivity contribution in [1.82, 2.24) is 24.9 Å². The highest BCUT2D eigenvalue weighted by Crippen LogP contribution is 2.34. The smallest absolute Gasteiger partial charge is 0.290 e. The first-order valence-corrected chi connectivity index (χ1v) is 8.05. The number of likely N-dealkylation sites (tertiary alicyclic amines) is 1. The summed E-state index contributed by atoms with van der Waals surface area (Å²) in [7, 11) is 5.60. The molecule has 2 aromatic rings. The van der Waals surface area contributed by atoms with E-state index in [1.165, 1.54) is 13.2 Å². The lowest BCUT2D eigenvalue weighted by Crippen LogP contribution is -2.42. The minimum absolute atomic E-state index is 0.160. The Balaban J connectivity index is 1.68. The normalized spacial score (nSPS) is 21.6. The maximum atomic E-state index is 12.2. The van der Waals surface area contributed by atoms with Crippen LogP contribution in [0.2, 0.25) is 0 Å². The molecule has 0 unspecified atom stereocenters. The lowest BCUT2D eigenvalue weighted by atomic mass is 9.87. The highest BCUT2D eigenvalue weighted by atomic mass is 16.5. The van der Waals surface area contributed by atoms with Crippen molar-refractivity contribution in [3.8, 4) is 5.88 Å². The Morgan fingerprint density at radius 2 is 2.33 bits per heavy atom. The Morgan fingerprint density at radius 1 is 1.50 bits per heavy atom. The highest BCUT2D eigenvalue weighted by Gasteiger charge is 2.32. The van der Waals surface area contributed by atoms with Crippen LogP contribution in [0.1, 0.15) is 35.1 Å². The number of methoxy groups -OCH3 is 1. The molecule has 0 saturated carbocycles. The maximum absolute atomic E-state index is 12.2. The minimum atomic E-state index is -0.275. The van der Waals surface area contributed by atoms with Gasteiger partial charge < -0.3 is 19.1 Å². The predicted molar refractivity (Wildman–Crippen MR) is 86.7 cm³/mol. The van der Waals surface area contributed by atoms with Crippen LogP contribution in [0.5, 0.6) is 5.88 Å². The number of ether oxygens (including phenoxy) is 1. The molecular formula is C16H23N5O3. The van der Waals surface area contributed by atoms with Crippen molar-refractivity contribution < 1.29 is 14.1 Å². The SMILES string of the molecule is COc1cc(C(=O)NC[C@@H]2CCCN(C)[C@H]2c2cncn2C)on1. The molecule has 2 atom stereocenters. The third-order valence-corrected chi connectivity index (χ3v) is 4.61. The number of hydrogen-bond acceptors (Lipinski definition) is 6. The summed E-state index contributed by atoms with van der Waals surface area (Å²) < 4.78 is 12.0. The zero-order chi connectivity index (χ0) is 17.1. The van der Waals surface area contributed by atoms with Gasteiger partial charge in [0.1, 0.15) is 0 Å². The number of nitrogens with one attached hydrogen (secondary N) is 1. The number of hydrogen-bond donors (Lipinski definition) is 1. The van der Waals surface area contributed by atoms with Crippen molar-refractivity contribution in [2.45, 2.75) is 18.9 Å². The maximum Gasteiger partial charge on any atom is 0.290 e. The quantitative estimate of drug-likeness (QED) is 0.886. The second-order valence-corrected chi connectivity index (χ2v) is 6.20. The number of aryl methyl sites for hydroxylation is 1. The predicted octanol–water partition coefficient (Wildman–Crippen LogP) is 1.23. The Kier molecular flexibility index (Phi) is 4.84. The van der Waals surface area contributed by atoms with Crippen LogP contribution in [0.4, 0.5) is 0 Å². The van der Waals surface area contributed by atoms with Gasteiger partial charge in [-0.1, -0.05) is 0 Å².